The van der Waals surface area contributed by atoms with Gasteiger partial charge in [0.1, 0.15) is 6.17 Å². The van der Waals surface area contributed by atoms with Crippen molar-refractivity contribution in [2.24, 2.45) is 0 Å². The Morgan fingerprint density at radius 2 is 2.10 bits per heavy atom. The van der Waals surface area contributed by atoms with Crippen LogP contribution in [0.1, 0.15) is 10.4 Å². The van der Waals surface area contributed by atoms with E-state index >= 15 is 0 Å². The molecule has 1 aromatic rings. The summed E-state index contributed by atoms with van der Waals surface area (Å²) in [6, 6.07) is 3.32. The second-order valence-corrected chi connectivity index (χ2v) is 6.68. The highest BCUT2D eigenvalue weighted by atomic mass is 35.6. The summed E-state index contributed by atoms with van der Waals surface area (Å²) in [5.41, 5.74) is 0.417. The quantitative estimate of drug-likeness (QED) is 0.855. The van der Waals surface area contributed by atoms with E-state index in [4.69, 9.17) is 39.5 Å². The molecule has 110 valence electrons. The van der Waals surface area contributed by atoms with Gasteiger partial charge in [-0.25, -0.2) is 0 Å². The maximum Gasteiger partial charge on any atom is 0.254 e. The highest BCUT2D eigenvalue weighted by Crippen LogP contribution is 2.32. The molecule has 1 N–H and O–H groups in total. The number of carbonyl (C=O) groups excluding carboxylic acids is 1. The normalized spacial score (nSPS) is 18.6. The number of morpholine rings is 1. The van der Waals surface area contributed by atoms with E-state index in [1.165, 1.54) is 6.20 Å². The molecular formula is C12H14Cl3N3O2. The van der Waals surface area contributed by atoms with Crippen LogP contribution in [0.4, 0.5) is 0 Å². The van der Waals surface area contributed by atoms with Crippen LogP contribution < -0.4 is 5.32 Å². The van der Waals surface area contributed by atoms with Crippen molar-refractivity contribution in [1.29, 1.82) is 0 Å². The first kappa shape index (κ1) is 15.8. The first-order chi connectivity index (χ1) is 9.48. The Kier molecular flexibility index (Phi) is 5.46. The fourth-order valence-electron chi connectivity index (χ4n) is 1.92. The van der Waals surface area contributed by atoms with Crippen LogP contribution in [0.25, 0.3) is 0 Å². The Hall–Kier alpha value is -0.590. The van der Waals surface area contributed by atoms with Gasteiger partial charge in [-0.1, -0.05) is 34.8 Å². The van der Waals surface area contributed by atoms with Crippen LogP contribution in [0.15, 0.2) is 24.5 Å². The molecule has 0 bridgehead atoms. The van der Waals surface area contributed by atoms with Gasteiger partial charge < -0.3 is 10.1 Å². The average Bonchev–Trinajstić information content (AvgIpc) is 2.45. The van der Waals surface area contributed by atoms with Crippen molar-refractivity contribution in [3.63, 3.8) is 0 Å². The van der Waals surface area contributed by atoms with Crippen LogP contribution in [-0.4, -0.2) is 52.1 Å². The number of ether oxygens (including phenoxy) is 1. The predicted octanol–water partition coefficient (Wildman–Crippen LogP) is 1.84. The van der Waals surface area contributed by atoms with E-state index in [1.807, 2.05) is 4.90 Å². The number of nitrogens with one attached hydrogen (secondary N) is 1. The second-order valence-electron chi connectivity index (χ2n) is 4.31. The molecule has 5 nitrogen and oxygen atoms in total. The number of carbonyl (C=O) groups is 1. The Balaban J connectivity index is 2.10. The fourth-order valence-corrected chi connectivity index (χ4v) is 2.50. The molecule has 1 aliphatic heterocycles. The van der Waals surface area contributed by atoms with Gasteiger partial charge in [-0.05, 0) is 12.1 Å². The monoisotopic (exact) mass is 337 g/mol. The van der Waals surface area contributed by atoms with E-state index in [-0.39, 0.29) is 5.91 Å². The molecular weight excluding hydrogens is 325 g/mol. The van der Waals surface area contributed by atoms with Gasteiger partial charge >= 0.3 is 0 Å². The lowest BCUT2D eigenvalue weighted by molar-refractivity contribution is 0.00996. The minimum absolute atomic E-state index is 0.332. The van der Waals surface area contributed by atoms with Gasteiger partial charge in [0.25, 0.3) is 5.91 Å². The van der Waals surface area contributed by atoms with Crippen LogP contribution in [-0.2, 0) is 4.74 Å². The lowest BCUT2D eigenvalue weighted by Gasteiger charge is -2.38. The van der Waals surface area contributed by atoms with Crippen LogP contribution >= 0.6 is 34.8 Å². The summed E-state index contributed by atoms with van der Waals surface area (Å²) in [6.45, 7) is 2.26. The van der Waals surface area contributed by atoms with Crippen LogP contribution in [0, 0.1) is 0 Å². The maximum absolute atomic E-state index is 12.2. The molecule has 0 aliphatic carbocycles. The number of rotatable bonds is 3. The summed E-state index contributed by atoms with van der Waals surface area (Å²) in [6.07, 6.45) is 2.33. The summed E-state index contributed by atoms with van der Waals surface area (Å²) in [5, 5.41) is 2.74. The van der Waals surface area contributed by atoms with Crippen molar-refractivity contribution >= 4 is 40.7 Å². The van der Waals surface area contributed by atoms with Crippen molar-refractivity contribution in [1.82, 2.24) is 15.2 Å². The Morgan fingerprint density at radius 3 is 2.65 bits per heavy atom. The molecule has 20 heavy (non-hydrogen) atoms. The van der Waals surface area contributed by atoms with Gasteiger partial charge in [-0.3, -0.25) is 14.7 Å². The third kappa shape index (κ3) is 4.20. The molecule has 1 aliphatic rings. The molecule has 8 heteroatoms. The SMILES string of the molecule is O=C(N[C@@H](N1CCOCC1)C(Cl)(Cl)Cl)c1cccnc1. The van der Waals surface area contributed by atoms with Gasteiger partial charge in [-0.2, -0.15) is 0 Å². The predicted molar refractivity (Wildman–Crippen MR) is 78.2 cm³/mol. The van der Waals surface area contributed by atoms with Crippen molar-refractivity contribution in [2.75, 3.05) is 26.3 Å². The Morgan fingerprint density at radius 1 is 1.40 bits per heavy atom. The lowest BCUT2D eigenvalue weighted by Crippen LogP contribution is -2.58. The number of hydrogen-bond donors (Lipinski definition) is 1. The first-order valence-corrected chi connectivity index (χ1v) is 7.21. The molecule has 0 unspecified atom stereocenters. The first-order valence-electron chi connectivity index (χ1n) is 6.08. The average molecular weight is 339 g/mol. The molecule has 1 aromatic heterocycles. The smallest absolute Gasteiger partial charge is 0.254 e. The van der Waals surface area contributed by atoms with Gasteiger partial charge in [0.05, 0.1) is 18.8 Å². The van der Waals surface area contributed by atoms with Crippen LogP contribution in [0.5, 0.6) is 0 Å². The number of alkyl halides is 3. The summed E-state index contributed by atoms with van der Waals surface area (Å²) < 4.78 is 3.63. The standard InChI is InChI=1S/C12H14Cl3N3O2/c13-12(14,15)11(18-4-6-20-7-5-18)17-10(19)9-2-1-3-16-8-9/h1-3,8,11H,4-7H2,(H,17,19)/t11-/m0/s1. The van der Waals surface area contributed by atoms with Gasteiger partial charge in [-0.15, -0.1) is 0 Å². The molecule has 0 radical (unpaired) electrons. The molecule has 2 rings (SSSR count). The molecule has 2 heterocycles. The molecule has 1 amide bonds. The minimum atomic E-state index is -1.63. The summed E-state index contributed by atoms with van der Waals surface area (Å²) in [5.74, 6) is -0.332. The van der Waals surface area contributed by atoms with E-state index in [1.54, 1.807) is 18.3 Å². The Bertz CT molecular complexity index is 447. The van der Waals surface area contributed by atoms with Crippen molar-refractivity contribution in [3.8, 4) is 0 Å². The highest BCUT2D eigenvalue weighted by molar-refractivity contribution is 6.68. The maximum atomic E-state index is 12.2. The van der Waals surface area contributed by atoms with Gasteiger partial charge in [0, 0.05) is 25.5 Å². The fraction of sp³-hybridized carbons (Fsp3) is 0.500. The Labute approximate surface area is 132 Å². The zero-order valence-electron chi connectivity index (χ0n) is 10.6. The van der Waals surface area contributed by atoms with Crippen molar-refractivity contribution in [3.05, 3.63) is 30.1 Å². The number of amides is 1. The third-order valence-corrected chi connectivity index (χ3v) is 3.53. The number of halogens is 3. The second kappa shape index (κ2) is 6.91. The van der Waals surface area contributed by atoms with E-state index in [0.717, 1.165) is 0 Å². The third-order valence-electron chi connectivity index (χ3n) is 2.91. The van der Waals surface area contributed by atoms with Crippen LogP contribution in [0.3, 0.4) is 0 Å². The summed E-state index contributed by atoms with van der Waals surface area (Å²) in [4.78, 5) is 17.9. The zero-order valence-corrected chi connectivity index (χ0v) is 12.8. The molecule has 1 saturated heterocycles. The molecule has 0 spiro atoms. The van der Waals surface area contributed by atoms with Crippen molar-refractivity contribution < 1.29 is 9.53 Å². The lowest BCUT2D eigenvalue weighted by atomic mass is 10.2. The molecule has 1 atom stereocenters. The van der Waals surface area contributed by atoms with E-state index < -0.39 is 9.96 Å². The van der Waals surface area contributed by atoms with Gasteiger partial charge in [0.2, 0.25) is 3.79 Å². The zero-order chi connectivity index (χ0) is 14.6. The van der Waals surface area contributed by atoms with Crippen LogP contribution in [0.2, 0.25) is 0 Å². The molecule has 1 fully saturated rings. The topological polar surface area (TPSA) is 54.5 Å². The van der Waals surface area contributed by atoms with Crippen molar-refractivity contribution in [2.45, 2.75) is 9.96 Å². The highest BCUT2D eigenvalue weighted by Gasteiger charge is 2.39. The number of aromatic nitrogens is 1. The molecule has 0 saturated carbocycles. The van der Waals surface area contributed by atoms with E-state index in [9.17, 15) is 4.79 Å². The largest absolute Gasteiger partial charge is 0.379 e. The number of hydrogen-bond acceptors (Lipinski definition) is 4. The van der Waals surface area contributed by atoms with E-state index in [0.29, 0.717) is 31.9 Å². The number of pyridine rings is 1. The molecule has 0 aromatic carbocycles. The number of nitrogens with zero attached hydrogens (tertiary/aromatic N) is 2. The van der Waals surface area contributed by atoms with E-state index in [2.05, 4.69) is 10.3 Å². The summed E-state index contributed by atoms with van der Waals surface area (Å²) in [7, 11) is 0. The summed E-state index contributed by atoms with van der Waals surface area (Å²) >= 11 is 17.9. The minimum Gasteiger partial charge on any atom is -0.379 e. The van der Waals surface area contributed by atoms with Gasteiger partial charge in [0.15, 0.2) is 0 Å².